The highest BCUT2D eigenvalue weighted by Crippen LogP contribution is 2.33. The summed E-state index contributed by atoms with van der Waals surface area (Å²) in [6, 6.07) is 11.2. The third kappa shape index (κ3) is 5.73. The van der Waals surface area contributed by atoms with Crippen molar-refractivity contribution in [1.29, 1.82) is 0 Å². The van der Waals surface area contributed by atoms with E-state index in [2.05, 4.69) is 21.6 Å². The molecule has 2 aromatic carbocycles. The Labute approximate surface area is 177 Å². The van der Waals surface area contributed by atoms with E-state index >= 15 is 0 Å². The zero-order valence-electron chi connectivity index (χ0n) is 17.8. The third-order valence-electron chi connectivity index (χ3n) is 4.81. The zero-order valence-corrected chi connectivity index (χ0v) is 17.8. The monoisotopic (exact) mass is 411 g/mol. The van der Waals surface area contributed by atoms with Gasteiger partial charge in [-0.05, 0) is 67.8 Å². The molecule has 7 nitrogen and oxygen atoms in total. The summed E-state index contributed by atoms with van der Waals surface area (Å²) in [7, 11) is 0. The number of hydrogen-bond acceptors (Lipinski definition) is 5. The first kappa shape index (κ1) is 21.6. The molecule has 0 aliphatic carbocycles. The van der Waals surface area contributed by atoms with Crippen LogP contribution in [-0.2, 0) is 22.6 Å². The van der Waals surface area contributed by atoms with Crippen molar-refractivity contribution >= 4 is 23.2 Å². The fraction of sp³-hybridized carbons (Fsp3) is 0.391. The van der Waals surface area contributed by atoms with Crippen LogP contribution in [0.2, 0.25) is 0 Å². The lowest BCUT2D eigenvalue weighted by Crippen LogP contribution is -2.37. The highest BCUT2D eigenvalue weighted by Gasteiger charge is 2.21. The summed E-state index contributed by atoms with van der Waals surface area (Å²) in [5.41, 5.74) is 3.81. The minimum atomic E-state index is -0.127. The molecule has 2 N–H and O–H groups in total. The Morgan fingerprint density at radius 1 is 0.933 bits per heavy atom. The van der Waals surface area contributed by atoms with Crippen LogP contribution in [-0.4, -0.2) is 43.0 Å². The standard InChI is InChI=1S/C23H29N3O4/c1-4-29-21-12-17-10-11-26(14-18(17)13-22(21)30-5-2)15-23(28)25-20-8-6-19(7-9-20)24-16(3)27/h6-9,12-13H,4-5,10-11,14-15H2,1-3H3,(H,24,27)(H,25,28). The Kier molecular flexibility index (Phi) is 7.30. The molecule has 2 aromatic rings. The van der Waals surface area contributed by atoms with Gasteiger partial charge in [0.25, 0.3) is 0 Å². The van der Waals surface area contributed by atoms with Crippen molar-refractivity contribution < 1.29 is 19.1 Å². The van der Waals surface area contributed by atoms with Gasteiger partial charge in [0.2, 0.25) is 11.8 Å². The lowest BCUT2D eigenvalue weighted by atomic mass is 9.98. The Bertz CT molecular complexity index is 896. The van der Waals surface area contributed by atoms with Gasteiger partial charge in [0.15, 0.2) is 11.5 Å². The van der Waals surface area contributed by atoms with Gasteiger partial charge in [-0.25, -0.2) is 0 Å². The second-order valence-corrected chi connectivity index (χ2v) is 7.20. The van der Waals surface area contributed by atoms with E-state index in [1.54, 1.807) is 24.3 Å². The van der Waals surface area contributed by atoms with Gasteiger partial charge in [-0.2, -0.15) is 0 Å². The first-order valence-electron chi connectivity index (χ1n) is 10.3. The van der Waals surface area contributed by atoms with Crippen molar-refractivity contribution in [1.82, 2.24) is 4.90 Å². The van der Waals surface area contributed by atoms with Crippen LogP contribution in [0.1, 0.15) is 31.9 Å². The van der Waals surface area contributed by atoms with Crippen molar-refractivity contribution in [3.8, 4) is 11.5 Å². The van der Waals surface area contributed by atoms with Gasteiger partial charge >= 0.3 is 0 Å². The maximum atomic E-state index is 12.5. The van der Waals surface area contributed by atoms with Crippen LogP contribution in [0.4, 0.5) is 11.4 Å². The summed E-state index contributed by atoms with van der Waals surface area (Å²) >= 11 is 0. The summed E-state index contributed by atoms with van der Waals surface area (Å²) in [6.45, 7) is 8.35. The van der Waals surface area contributed by atoms with Crippen molar-refractivity contribution in [2.45, 2.75) is 33.7 Å². The molecular formula is C23H29N3O4. The molecular weight excluding hydrogens is 382 g/mol. The number of ether oxygens (including phenoxy) is 2. The Balaban J connectivity index is 1.60. The van der Waals surface area contributed by atoms with E-state index in [1.165, 1.54) is 18.1 Å². The van der Waals surface area contributed by atoms with Crippen molar-refractivity contribution in [2.24, 2.45) is 0 Å². The van der Waals surface area contributed by atoms with Gasteiger partial charge in [0.1, 0.15) is 0 Å². The average molecular weight is 412 g/mol. The number of fused-ring (bicyclic) bond motifs is 1. The summed E-state index contributed by atoms with van der Waals surface area (Å²) < 4.78 is 11.5. The van der Waals surface area contributed by atoms with Gasteiger partial charge in [-0.15, -0.1) is 0 Å². The number of amides is 2. The topological polar surface area (TPSA) is 79.9 Å². The Hall–Kier alpha value is -3.06. The van der Waals surface area contributed by atoms with E-state index < -0.39 is 0 Å². The van der Waals surface area contributed by atoms with Crippen molar-refractivity contribution in [2.75, 3.05) is 36.9 Å². The summed E-state index contributed by atoms with van der Waals surface area (Å²) in [5, 5.41) is 5.62. The summed E-state index contributed by atoms with van der Waals surface area (Å²) in [4.78, 5) is 25.7. The number of hydrogen-bond donors (Lipinski definition) is 2. The Morgan fingerprint density at radius 2 is 1.50 bits per heavy atom. The first-order chi connectivity index (χ1) is 14.5. The molecule has 0 atom stereocenters. The molecule has 0 fully saturated rings. The molecule has 3 rings (SSSR count). The molecule has 0 unspecified atom stereocenters. The quantitative estimate of drug-likeness (QED) is 0.696. The Morgan fingerprint density at radius 3 is 2.07 bits per heavy atom. The van der Waals surface area contributed by atoms with Gasteiger partial charge in [0.05, 0.1) is 19.8 Å². The molecule has 0 spiro atoms. The summed E-state index contributed by atoms with van der Waals surface area (Å²) in [6.07, 6.45) is 0.862. The van der Waals surface area contributed by atoms with E-state index in [1.807, 2.05) is 19.9 Å². The number of nitrogens with one attached hydrogen (secondary N) is 2. The molecule has 0 aromatic heterocycles. The highest BCUT2D eigenvalue weighted by molar-refractivity contribution is 5.93. The first-order valence-corrected chi connectivity index (χ1v) is 10.3. The van der Waals surface area contributed by atoms with Crippen molar-refractivity contribution in [3.05, 3.63) is 47.5 Å². The third-order valence-corrected chi connectivity index (χ3v) is 4.81. The van der Waals surface area contributed by atoms with Crippen LogP contribution in [0, 0.1) is 0 Å². The van der Waals surface area contributed by atoms with Crippen LogP contribution < -0.4 is 20.1 Å². The molecule has 1 aliphatic heterocycles. The van der Waals surface area contributed by atoms with Crippen LogP contribution in [0.15, 0.2) is 36.4 Å². The van der Waals surface area contributed by atoms with E-state index in [9.17, 15) is 9.59 Å². The van der Waals surface area contributed by atoms with Crippen LogP contribution in [0.3, 0.4) is 0 Å². The molecule has 7 heteroatoms. The SMILES string of the molecule is CCOc1cc2c(cc1OCC)CN(CC(=O)Nc1ccc(NC(C)=O)cc1)CC2. The van der Waals surface area contributed by atoms with Gasteiger partial charge in [0, 0.05) is 31.4 Å². The second kappa shape index (κ2) is 10.1. The minimum Gasteiger partial charge on any atom is -0.490 e. The van der Waals surface area contributed by atoms with Crippen LogP contribution in [0.25, 0.3) is 0 Å². The molecule has 2 amide bonds. The molecule has 1 aliphatic rings. The fourth-order valence-corrected chi connectivity index (χ4v) is 3.54. The van der Waals surface area contributed by atoms with Crippen LogP contribution in [0.5, 0.6) is 11.5 Å². The second-order valence-electron chi connectivity index (χ2n) is 7.20. The smallest absolute Gasteiger partial charge is 0.238 e. The van der Waals surface area contributed by atoms with Crippen LogP contribution >= 0.6 is 0 Å². The maximum absolute atomic E-state index is 12.5. The maximum Gasteiger partial charge on any atom is 0.238 e. The number of anilines is 2. The van der Waals surface area contributed by atoms with E-state index in [-0.39, 0.29) is 11.8 Å². The lowest BCUT2D eigenvalue weighted by molar-refractivity contribution is -0.117. The number of nitrogens with zero attached hydrogens (tertiary/aromatic N) is 1. The van der Waals surface area contributed by atoms with Gasteiger partial charge in [-0.1, -0.05) is 0 Å². The normalized spacial score (nSPS) is 13.3. The van der Waals surface area contributed by atoms with Gasteiger partial charge in [-0.3, -0.25) is 14.5 Å². The number of benzene rings is 2. The number of rotatable bonds is 8. The predicted molar refractivity (Wildman–Crippen MR) is 117 cm³/mol. The van der Waals surface area contributed by atoms with Gasteiger partial charge < -0.3 is 20.1 Å². The summed E-state index contributed by atoms with van der Waals surface area (Å²) in [5.74, 6) is 1.34. The number of carbonyl (C=O) groups is 2. The molecule has 0 bridgehead atoms. The molecule has 30 heavy (non-hydrogen) atoms. The molecule has 0 radical (unpaired) electrons. The van der Waals surface area contributed by atoms with E-state index in [0.717, 1.165) is 24.5 Å². The zero-order chi connectivity index (χ0) is 21.5. The average Bonchev–Trinajstić information content (AvgIpc) is 2.70. The predicted octanol–water partition coefficient (Wildman–Crippen LogP) is 3.44. The minimum absolute atomic E-state index is 0.0679. The van der Waals surface area contributed by atoms with E-state index in [0.29, 0.717) is 37.7 Å². The highest BCUT2D eigenvalue weighted by atomic mass is 16.5. The fourth-order valence-electron chi connectivity index (χ4n) is 3.54. The van der Waals surface area contributed by atoms with Crippen molar-refractivity contribution in [3.63, 3.8) is 0 Å². The molecule has 160 valence electrons. The van der Waals surface area contributed by atoms with E-state index in [4.69, 9.17) is 9.47 Å². The molecule has 0 saturated heterocycles. The number of carbonyl (C=O) groups excluding carboxylic acids is 2. The largest absolute Gasteiger partial charge is 0.490 e. The molecule has 1 heterocycles. The lowest BCUT2D eigenvalue weighted by Gasteiger charge is -2.29. The molecule has 0 saturated carbocycles.